The Morgan fingerprint density at radius 3 is 2.62 bits per heavy atom. The molecule has 0 saturated carbocycles. The SMILES string of the molecule is Cl.Cn1c(=O)[nH]c(=O)c2[nH]c(CCC(=O)N(CCCN)Cc3ccccc3)nc21. The number of aromatic amines is 2. The second kappa shape index (κ2) is 10.0. The van der Waals surface area contributed by atoms with Gasteiger partial charge in [-0.25, -0.2) is 9.78 Å². The summed E-state index contributed by atoms with van der Waals surface area (Å²) in [5.74, 6) is 0.481. The summed E-state index contributed by atoms with van der Waals surface area (Å²) in [5.41, 5.74) is 6.13. The van der Waals surface area contributed by atoms with Crippen molar-refractivity contribution in [2.45, 2.75) is 25.8 Å². The van der Waals surface area contributed by atoms with Crippen molar-refractivity contribution in [3.8, 4) is 0 Å². The third-order valence-corrected chi connectivity index (χ3v) is 4.58. The zero-order valence-corrected chi connectivity index (χ0v) is 17.0. The molecule has 2 heterocycles. The quantitative estimate of drug-likeness (QED) is 0.493. The van der Waals surface area contributed by atoms with E-state index in [2.05, 4.69) is 15.0 Å². The van der Waals surface area contributed by atoms with Crippen LogP contribution in [0.25, 0.3) is 11.2 Å². The van der Waals surface area contributed by atoms with E-state index in [1.807, 2.05) is 30.3 Å². The lowest BCUT2D eigenvalue weighted by Crippen LogP contribution is -2.32. The molecule has 9 nitrogen and oxygen atoms in total. The summed E-state index contributed by atoms with van der Waals surface area (Å²) < 4.78 is 1.27. The summed E-state index contributed by atoms with van der Waals surface area (Å²) in [6, 6.07) is 9.78. The second-order valence-corrected chi connectivity index (χ2v) is 6.64. The molecule has 0 aliphatic heterocycles. The standard InChI is InChI=1S/C19H24N6O3.ClH/c1-24-17-16(18(27)23-19(24)28)21-14(22-17)8-9-15(26)25(11-5-10-20)12-13-6-3-2-4-7-13;/h2-4,6-7H,5,8-12,20H2,1H3,(H,21,22)(H,23,27,28);1H. The van der Waals surface area contributed by atoms with Crippen LogP contribution in [0.4, 0.5) is 0 Å². The van der Waals surface area contributed by atoms with Crippen LogP contribution in [0.3, 0.4) is 0 Å². The number of nitrogens with one attached hydrogen (secondary N) is 2. The number of fused-ring (bicyclic) bond motifs is 1. The van der Waals surface area contributed by atoms with Gasteiger partial charge in [-0.05, 0) is 18.5 Å². The van der Waals surface area contributed by atoms with E-state index in [0.29, 0.717) is 31.9 Å². The number of hydrogen-bond donors (Lipinski definition) is 3. The Kier molecular flexibility index (Phi) is 7.74. The summed E-state index contributed by atoms with van der Waals surface area (Å²) >= 11 is 0. The lowest BCUT2D eigenvalue weighted by molar-refractivity contribution is -0.131. The summed E-state index contributed by atoms with van der Waals surface area (Å²) in [6.45, 7) is 1.62. The topological polar surface area (TPSA) is 130 Å². The minimum absolute atomic E-state index is 0. The summed E-state index contributed by atoms with van der Waals surface area (Å²) in [7, 11) is 1.53. The fraction of sp³-hybridized carbons (Fsp3) is 0.368. The van der Waals surface area contributed by atoms with Gasteiger partial charge in [0.25, 0.3) is 5.56 Å². The van der Waals surface area contributed by atoms with Crippen LogP contribution in [0.2, 0.25) is 0 Å². The summed E-state index contributed by atoms with van der Waals surface area (Å²) in [5, 5.41) is 0. The number of benzene rings is 1. The number of H-pyrrole nitrogens is 2. The van der Waals surface area contributed by atoms with E-state index in [1.54, 1.807) is 4.90 Å². The molecule has 1 amide bonds. The van der Waals surface area contributed by atoms with Crippen LogP contribution in [-0.4, -0.2) is 43.4 Å². The lowest BCUT2D eigenvalue weighted by Gasteiger charge is -2.22. The first-order valence-corrected chi connectivity index (χ1v) is 9.19. The van der Waals surface area contributed by atoms with Crippen molar-refractivity contribution in [3.05, 3.63) is 62.6 Å². The highest BCUT2D eigenvalue weighted by atomic mass is 35.5. The smallest absolute Gasteiger partial charge is 0.329 e. The number of carbonyl (C=O) groups excluding carboxylic acids is 1. The first-order valence-electron chi connectivity index (χ1n) is 9.19. The van der Waals surface area contributed by atoms with Gasteiger partial charge in [0.2, 0.25) is 5.91 Å². The molecule has 0 aliphatic carbocycles. The third-order valence-electron chi connectivity index (χ3n) is 4.58. The minimum atomic E-state index is -0.526. The molecule has 0 atom stereocenters. The van der Waals surface area contributed by atoms with Gasteiger partial charge in [0.15, 0.2) is 5.65 Å². The van der Waals surface area contributed by atoms with Crippen molar-refractivity contribution < 1.29 is 4.79 Å². The van der Waals surface area contributed by atoms with E-state index in [1.165, 1.54) is 11.6 Å². The van der Waals surface area contributed by atoms with Crippen molar-refractivity contribution >= 4 is 29.5 Å². The molecule has 0 aliphatic rings. The van der Waals surface area contributed by atoms with Crippen molar-refractivity contribution in [1.29, 1.82) is 0 Å². The molecule has 0 fully saturated rings. The van der Waals surface area contributed by atoms with Gasteiger partial charge in [0.1, 0.15) is 11.3 Å². The third kappa shape index (κ3) is 5.33. The maximum absolute atomic E-state index is 12.8. The maximum atomic E-state index is 12.8. The molecule has 4 N–H and O–H groups in total. The number of aromatic nitrogens is 4. The molecular weight excluding hydrogens is 396 g/mol. The second-order valence-electron chi connectivity index (χ2n) is 6.64. The van der Waals surface area contributed by atoms with Gasteiger partial charge in [-0.1, -0.05) is 30.3 Å². The van der Waals surface area contributed by atoms with Crippen molar-refractivity contribution in [1.82, 2.24) is 24.4 Å². The molecule has 3 rings (SSSR count). The molecule has 10 heteroatoms. The van der Waals surface area contributed by atoms with E-state index >= 15 is 0 Å². The number of nitrogens with two attached hydrogens (primary N) is 1. The number of rotatable bonds is 8. The summed E-state index contributed by atoms with van der Waals surface area (Å²) in [6.07, 6.45) is 1.30. The van der Waals surface area contributed by atoms with Gasteiger partial charge in [-0.15, -0.1) is 12.4 Å². The number of amides is 1. The molecule has 0 radical (unpaired) electrons. The van der Waals surface area contributed by atoms with Gasteiger partial charge >= 0.3 is 5.69 Å². The molecule has 0 spiro atoms. The highest BCUT2D eigenvalue weighted by Crippen LogP contribution is 2.10. The Bertz CT molecular complexity index is 1070. The molecule has 29 heavy (non-hydrogen) atoms. The number of imidazole rings is 1. The van der Waals surface area contributed by atoms with E-state index in [4.69, 9.17) is 5.73 Å². The van der Waals surface area contributed by atoms with E-state index in [9.17, 15) is 14.4 Å². The maximum Gasteiger partial charge on any atom is 0.329 e. The minimum Gasteiger partial charge on any atom is -0.338 e. The average molecular weight is 421 g/mol. The highest BCUT2D eigenvalue weighted by molar-refractivity contribution is 5.85. The van der Waals surface area contributed by atoms with Crippen molar-refractivity contribution in [2.24, 2.45) is 12.8 Å². The van der Waals surface area contributed by atoms with E-state index < -0.39 is 11.2 Å². The van der Waals surface area contributed by atoms with Crippen molar-refractivity contribution in [3.63, 3.8) is 0 Å². The largest absolute Gasteiger partial charge is 0.338 e. The number of nitrogens with zero attached hydrogens (tertiary/aromatic N) is 3. The monoisotopic (exact) mass is 420 g/mol. The molecule has 156 valence electrons. The normalized spacial score (nSPS) is 10.7. The van der Waals surface area contributed by atoms with Crippen LogP contribution < -0.4 is 17.0 Å². The average Bonchev–Trinajstić information content (AvgIpc) is 3.13. The predicted molar refractivity (Wildman–Crippen MR) is 113 cm³/mol. The first-order chi connectivity index (χ1) is 13.5. The van der Waals surface area contributed by atoms with E-state index in [-0.39, 0.29) is 35.9 Å². The van der Waals surface area contributed by atoms with Crippen LogP contribution in [-0.2, 0) is 24.8 Å². The van der Waals surface area contributed by atoms with Gasteiger partial charge in [-0.3, -0.25) is 19.1 Å². The van der Waals surface area contributed by atoms with Crippen LogP contribution in [0.1, 0.15) is 24.2 Å². The first kappa shape index (κ1) is 22.4. The molecule has 2 aromatic heterocycles. The molecule has 0 bridgehead atoms. The molecule has 1 aromatic carbocycles. The van der Waals surface area contributed by atoms with Gasteiger partial charge < -0.3 is 15.6 Å². The molecule has 3 aromatic rings. The number of carbonyl (C=O) groups is 1. The Balaban J connectivity index is 0.00000300. The Labute approximate surface area is 173 Å². The lowest BCUT2D eigenvalue weighted by atomic mass is 10.2. The Morgan fingerprint density at radius 2 is 1.93 bits per heavy atom. The number of hydrogen-bond acceptors (Lipinski definition) is 5. The fourth-order valence-electron chi connectivity index (χ4n) is 3.03. The highest BCUT2D eigenvalue weighted by Gasteiger charge is 2.16. The van der Waals surface area contributed by atoms with Crippen LogP contribution in [0, 0.1) is 0 Å². The van der Waals surface area contributed by atoms with Crippen LogP contribution in [0.5, 0.6) is 0 Å². The fourth-order valence-corrected chi connectivity index (χ4v) is 3.03. The molecule has 0 unspecified atom stereocenters. The molecule has 0 saturated heterocycles. The van der Waals surface area contributed by atoms with E-state index in [0.717, 1.165) is 12.0 Å². The van der Waals surface area contributed by atoms with Gasteiger partial charge in [0, 0.05) is 33.0 Å². The Hall–Kier alpha value is -2.91. The number of halogens is 1. The molecular formula is C19H25ClN6O3. The van der Waals surface area contributed by atoms with Crippen LogP contribution in [0.15, 0.2) is 39.9 Å². The van der Waals surface area contributed by atoms with Gasteiger partial charge in [0.05, 0.1) is 0 Å². The van der Waals surface area contributed by atoms with Crippen LogP contribution >= 0.6 is 12.4 Å². The summed E-state index contributed by atoms with van der Waals surface area (Å²) in [4.78, 5) is 47.6. The Morgan fingerprint density at radius 1 is 1.21 bits per heavy atom. The van der Waals surface area contributed by atoms with Gasteiger partial charge in [-0.2, -0.15) is 0 Å². The zero-order valence-electron chi connectivity index (χ0n) is 16.2. The van der Waals surface area contributed by atoms with Crippen molar-refractivity contribution in [2.75, 3.05) is 13.1 Å². The number of aryl methyl sites for hydroxylation is 2. The predicted octanol–water partition coefficient (Wildman–Crippen LogP) is 0.682. The zero-order chi connectivity index (χ0) is 20.1.